The lowest BCUT2D eigenvalue weighted by molar-refractivity contribution is -0.131. The van der Waals surface area contributed by atoms with Gasteiger partial charge in [-0.15, -0.1) is 11.3 Å². The van der Waals surface area contributed by atoms with Crippen LogP contribution in [0.2, 0.25) is 0 Å². The SMILES string of the molecule is COCCC(=O)N1CC[C@H](c2c(C(=O)N3CCOCC3)sc3ncccc23)C1. The van der Waals surface area contributed by atoms with Crippen molar-refractivity contribution in [2.45, 2.75) is 18.8 Å². The predicted molar refractivity (Wildman–Crippen MR) is 107 cm³/mol. The Morgan fingerprint density at radius 2 is 2.11 bits per heavy atom. The topological polar surface area (TPSA) is 72.0 Å². The van der Waals surface area contributed by atoms with Crippen LogP contribution >= 0.6 is 11.3 Å². The molecular formula is C20H25N3O4S. The van der Waals surface area contributed by atoms with Gasteiger partial charge in [-0.1, -0.05) is 6.07 Å². The first-order chi connectivity index (χ1) is 13.7. The summed E-state index contributed by atoms with van der Waals surface area (Å²) in [6.07, 6.45) is 3.03. The van der Waals surface area contributed by atoms with Crippen molar-refractivity contribution >= 4 is 33.4 Å². The number of thiophene rings is 1. The summed E-state index contributed by atoms with van der Waals surface area (Å²) in [5.74, 6) is 0.331. The van der Waals surface area contributed by atoms with Crippen molar-refractivity contribution < 1.29 is 19.1 Å². The molecule has 7 nitrogen and oxygen atoms in total. The minimum Gasteiger partial charge on any atom is -0.384 e. The fourth-order valence-corrected chi connectivity index (χ4v) is 5.19. The number of rotatable bonds is 5. The third kappa shape index (κ3) is 3.76. The lowest BCUT2D eigenvalue weighted by atomic mass is 9.95. The van der Waals surface area contributed by atoms with Gasteiger partial charge in [0.2, 0.25) is 5.91 Å². The highest BCUT2D eigenvalue weighted by molar-refractivity contribution is 7.20. The first kappa shape index (κ1) is 19.3. The minimum atomic E-state index is 0.0606. The van der Waals surface area contributed by atoms with Crippen molar-refractivity contribution in [3.8, 4) is 0 Å². The van der Waals surface area contributed by atoms with Crippen LogP contribution in [-0.4, -0.2) is 79.7 Å². The van der Waals surface area contributed by atoms with Gasteiger partial charge in [-0.25, -0.2) is 4.98 Å². The Morgan fingerprint density at radius 3 is 2.89 bits per heavy atom. The van der Waals surface area contributed by atoms with Crippen LogP contribution < -0.4 is 0 Å². The summed E-state index contributed by atoms with van der Waals surface area (Å²) in [5.41, 5.74) is 1.06. The Labute approximate surface area is 168 Å². The van der Waals surface area contributed by atoms with E-state index in [9.17, 15) is 9.59 Å². The number of amides is 2. The van der Waals surface area contributed by atoms with E-state index < -0.39 is 0 Å². The monoisotopic (exact) mass is 403 g/mol. The Morgan fingerprint density at radius 1 is 1.29 bits per heavy atom. The van der Waals surface area contributed by atoms with E-state index in [2.05, 4.69) is 4.98 Å². The number of aromatic nitrogens is 1. The molecule has 0 aromatic carbocycles. The predicted octanol–water partition coefficient (Wildman–Crippen LogP) is 2.12. The highest BCUT2D eigenvalue weighted by Gasteiger charge is 2.34. The zero-order chi connectivity index (χ0) is 19.5. The number of hydrogen-bond donors (Lipinski definition) is 0. The Balaban J connectivity index is 1.62. The summed E-state index contributed by atoms with van der Waals surface area (Å²) < 4.78 is 10.4. The lowest BCUT2D eigenvalue weighted by Gasteiger charge is -2.27. The van der Waals surface area contributed by atoms with Gasteiger partial charge in [0.1, 0.15) is 4.83 Å². The van der Waals surface area contributed by atoms with Crippen LogP contribution in [0.5, 0.6) is 0 Å². The number of likely N-dealkylation sites (tertiary alicyclic amines) is 1. The van der Waals surface area contributed by atoms with Gasteiger partial charge in [-0.2, -0.15) is 0 Å². The molecule has 0 aliphatic carbocycles. The Kier molecular flexibility index (Phi) is 5.89. The molecule has 2 fully saturated rings. The standard InChI is InChI=1S/C20H25N3O4S/c1-26-10-5-16(24)23-7-4-14(13-23)17-15-3-2-6-21-19(15)28-18(17)20(25)22-8-11-27-12-9-22/h2-3,6,14H,4-5,7-13H2,1H3/t14-/m0/s1. The molecule has 0 bridgehead atoms. The number of carbonyl (C=O) groups excluding carboxylic acids is 2. The van der Waals surface area contributed by atoms with E-state index in [-0.39, 0.29) is 17.7 Å². The van der Waals surface area contributed by atoms with Crippen molar-refractivity contribution in [3.63, 3.8) is 0 Å². The van der Waals surface area contributed by atoms with E-state index >= 15 is 0 Å². The third-order valence-corrected chi connectivity index (χ3v) is 6.58. The number of methoxy groups -OCH3 is 1. The number of hydrogen-bond acceptors (Lipinski definition) is 6. The van der Waals surface area contributed by atoms with Crippen LogP contribution in [0.15, 0.2) is 18.3 Å². The maximum Gasteiger partial charge on any atom is 0.264 e. The second-order valence-electron chi connectivity index (χ2n) is 7.17. The van der Waals surface area contributed by atoms with Gasteiger partial charge in [0.15, 0.2) is 0 Å². The highest BCUT2D eigenvalue weighted by atomic mass is 32.1. The Hall–Kier alpha value is -2.03. The van der Waals surface area contributed by atoms with Gasteiger partial charge in [0.25, 0.3) is 5.91 Å². The summed E-state index contributed by atoms with van der Waals surface area (Å²) in [5, 5.41) is 1.04. The van der Waals surface area contributed by atoms with Crippen molar-refractivity contribution in [1.29, 1.82) is 0 Å². The van der Waals surface area contributed by atoms with Crippen LogP contribution in [0.4, 0.5) is 0 Å². The molecule has 2 aromatic rings. The molecule has 2 aliphatic rings. The van der Waals surface area contributed by atoms with Crippen molar-refractivity contribution in [3.05, 3.63) is 28.8 Å². The first-order valence-corrected chi connectivity index (χ1v) is 10.5. The molecule has 0 radical (unpaired) electrons. The molecule has 0 spiro atoms. The summed E-state index contributed by atoms with van der Waals surface area (Å²) >= 11 is 1.47. The zero-order valence-corrected chi connectivity index (χ0v) is 16.9. The maximum atomic E-state index is 13.3. The van der Waals surface area contributed by atoms with Crippen LogP contribution in [0.25, 0.3) is 10.2 Å². The molecule has 4 rings (SSSR count). The lowest BCUT2D eigenvalue weighted by Crippen LogP contribution is -2.40. The minimum absolute atomic E-state index is 0.0606. The largest absolute Gasteiger partial charge is 0.384 e. The normalized spacial score (nSPS) is 20.1. The number of carbonyl (C=O) groups is 2. The van der Waals surface area contributed by atoms with E-state index in [1.165, 1.54) is 11.3 Å². The molecule has 4 heterocycles. The van der Waals surface area contributed by atoms with Gasteiger partial charge in [-0.05, 0) is 18.1 Å². The molecular weight excluding hydrogens is 378 g/mol. The number of pyridine rings is 1. The third-order valence-electron chi connectivity index (χ3n) is 5.47. The molecule has 2 amide bonds. The molecule has 0 N–H and O–H groups in total. The van der Waals surface area contributed by atoms with E-state index in [1.54, 1.807) is 13.3 Å². The molecule has 2 aliphatic heterocycles. The first-order valence-electron chi connectivity index (χ1n) is 9.70. The zero-order valence-electron chi connectivity index (χ0n) is 16.1. The van der Waals surface area contributed by atoms with Crippen molar-refractivity contribution in [2.75, 3.05) is 53.1 Å². The quantitative estimate of drug-likeness (QED) is 0.765. The fourth-order valence-electron chi connectivity index (χ4n) is 4.00. The van der Waals surface area contributed by atoms with Gasteiger partial charge < -0.3 is 19.3 Å². The van der Waals surface area contributed by atoms with E-state index in [0.717, 1.165) is 33.6 Å². The summed E-state index contributed by atoms with van der Waals surface area (Å²) in [7, 11) is 1.61. The van der Waals surface area contributed by atoms with Crippen LogP contribution in [0.1, 0.15) is 34.0 Å². The van der Waals surface area contributed by atoms with Crippen LogP contribution in [0, 0.1) is 0 Å². The van der Waals surface area contributed by atoms with Crippen molar-refractivity contribution in [2.24, 2.45) is 0 Å². The summed E-state index contributed by atoms with van der Waals surface area (Å²) in [6, 6.07) is 3.96. The highest BCUT2D eigenvalue weighted by Crippen LogP contribution is 2.40. The second-order valence-corrected chi connectivity index (χ2v) is 8.17. The smallest absolute Gasteiger partial charge is 0.264 e. The van der Waals surface area contributed by atoms with Gasteiger partial charge in [0, 0.05) is 50.8 Å². The fraction of sp³-hybridized carbons (Fsp3) is 0.550. The molecule has 2 aromatic heterocycles. The molecule has 0 unspecified atom stereocenters. The van der Waals surface area contributed by atoms with Crippen LogP contribution in [-0.2, 0) is 14.3 Å². The number of morpholine rings is 1. The molecule has 150 valence electrons. The molecule has 28 heavy (non-hydrogen) atoms. The average molecular weight is 404 g/mol. The molecule has 0 saturated carbocycles. The molecule has 8 heteroatoms. The van der Waals surface area contributed by atoms with Gasteiger partial charge in [-0.3, -0.25) is 9.59 Å². The van der Waals surface area contributed by atoms with E-state index in [4.69, 9.17) is 9.47 Å². The number of fused-ring (bicyclic) bond motifs is 1. The van der Waals surface area contributed by atoms with Gasteiger partial charge >= 0.3 is 0 Å². The number of ether oxygens (including phenoxy) is 2. The van der Waals surface area contributed by atoms with E-state index in [1.807, 2.05) is 21.9 Å². The summed E-state index contributed by atoms with van der Waals surface area (Å²) in [4.78, 5) is 35.6. The maximum absolute atomic E-state index is 13.3. The summed E-state index contributed by atoms with van der Waals surface area (Å²) in [6.45, 7) is 4.19. The van der Waals surface area contributed by atoms with E-state index in [0.29, 0.717) is 45.9 Å². The number of nitrogens with zero attached hydrogens (tertiary/aromatic N) is 3. The van der Waals surface area contributed by atoms with Gasteiger partial charge in [0.05, 0.1) is 31.1 Å². The molecule has 2 saturated heterocycles. The van der Waals surface area contributed by atoms with Crippen molar-refractivity contribution in [1.82, 2.24) is 14.8 Å². The second kappa shape index (κ2) is 8.55. The average Bonchev–Trinajstić information content (AvgIpc) is 3.36. The molecule has 1 atom stereocenters. The Bertz CT molecular complexity index is 862. The van der Waals surface area contributed by atoms with Crippen LogP contribution in [0.3, 0.4) is 0 Å².